The number of fused-ring (bicyclic) bond motifs is 5. The van der Waals surface area contributed by atoms with Crippen LogP contribution in [0.4, 0.5) is 0 Å². The molecule has 178 valence electrons. The number of piperazine rings is 1. The van der Waals surface area contributed by atoms with Gasteiger partial charge in [0.2, 0.25) is 12.5 Å². The number of nitrogens with zero attached hydrogens (tertiary/aromatic N) is 2. The van der Waals surface area contributed by atoms with Gasteiger partial charge >= 0.3 is 0 Å². The fourth-order valence-electron chi connectivity index (χ4n) is 5.13. The summed E-state index contributed by atoms with van der Waals surface area (Å²) >= 11 is 0. The number of ether oxygens (including phenoxy) is 4. The molecule has 0 spiro atoms. The van der Waals surface area contributed by atoms with Crippen LogP contribution in [0.5, 0.6) is 23.0 Å². The van der Waals surface area contributed by atoms with E-state index in [1.807, 2.05) is 6.07 Å². The maximum Gasteiger partial charge on any atom is 0.231 e. The smallest absolute Gasteiger partial charge is 0.231 e. The van der Waals surface area contributed by atoms with Gasteiger partial charge in [-0.3, -0.25) is 4.90 Å². The number of hydrogen-bond donors (Lipinski definition) is 2. The van der Waals surface area contributed by atoms with E-state index in [1.54, 1.807) is 7.11 Å². The fourth-order valence-corrected chi connectivity index (χ4v) is 5.13. The predicted molar refractivity (Wildman–Crippen MR) is 127 cm³/mol. The molecule has 1 unspecified atom stereocenters. The lowest BCUT2D eigenvalue weighted by molar-refractivity contribution is -0.686. The molecular weight excluding hydrogens is 434 g/mol. The third kappa shape index (κ3) is 3.91. The topological polar surface area (TPSA) is 76.3 Å². The number of aryl methyl sites for hydroxylation is 2. The Morgan fingerprint density at radius 3 is 2.79 bits per heavy atom. The normalized spacial score (nSPS) is 17.8. The minimum atomic E-state index is -0.570. The van der Waals surface area contributed by atoms with Crippen molar-refractivity contribution in [2.45, 2.75) is 19.1 Å². The van der Waals surface area contributed by atoms with E-state index < -0.39 is 6.10 Å². The summed E-state index contributed by atoms with van der Waals surface area (Å²) < 4.78 is 25.3. The van der Waals surface area contributed by atoms with E-state index in [1.165, 1.54) is 11.1 Å². The second kappa shape index (κ2) is 8.94. The average Bonchev–Trinajstić information content (AvgIpc) is 3.33. The van der Waals surface area contributed by atoms with Crippen LogP contribution < -0.4 is 28.8 Å². The van der Waals surface area contributed by atoms with Gasteiger partial charge in [-0.05, 0) is 35.2 Å². The summed E-state index contributed by atoms with van der Waals surface area (Å²) in [5.74, 6) is 2.96. The largest absolute Gasteiger partial charge is 0.493 e. The molecular formula is C26H30N3O5+. The lowest BCUT2D eigenvalue weighted by Crippen LogP contribution is -2.47. The van der Waals surface area contributed by atoms with E-state index in [9.17, 15) is 5.11 Å². The molecule has 0 radical (unpaired) electrons. The van der Waals surface area contributed by atoms with Gasteiger partial charge < -0.3 is 29.4 Å². The van der Waals surface area contributed by atoms with E-state index in [2.05, 4.69) is 45.2 Å². The molecule has 1 atom stereocenters. The van der Waals surface area contributed by atoms with Gasteiger partial charge in [0.15, 0.2) is 35.7 Å². The molecule has 1 aromatic heterocycles. The third-order valence-corrected chi connectivity index (χ3v) is 6.90. The molecule has 0 aliphatic carbocycles. The highest BCUT2D eigenvalue weighted by atomic mass is 16.7. The van der Waals surface area contributed by atoms with Crippen LogP contribution in [0.1, 0.15) is 5.56 Å². The number of nitrogens with one attached hydrogen (secondary N) is 1. The minimum absolute atomic E-state index is 0.216. The summed E-state index contributed by atoms with van der Waals surface area (Å²) in [6, 6.07) is 10.4. The van der Waals surface area contributed by atoms with Crippen molar-refractivity contribution in [3.05, 3.63) is 42.1 Å². The molecule has 4 heterocycles. The Kier molecular flexibility index (Phi) is 5.64. The van der Waals surface area contributed by atoms with Crippen molar-refractivity contribution in [1.82, 2.24) is 10.2 Å². The molecule has 2 aromatic carbocycles. The molecule has 8 nitrogen and oxygen atoms in total. The zero-order valence-corrected chi connectivity index (χ0v) is 19.4. The number of hydrogen-bond acceptors (Lipinski definition) is 7. The van der Waals surface area contributed by atoms with Crippen molar-refractivity contribution < 1.29 is 28.6 Å². The summed E-state index contributed by atoms with van der Waals surface area (Å²) in [7, 11) is 1.65. The number of rotatable bonds is 6. The Labute approximate surface area is 198 Å². The number of aliphatic hydroxyl groups excluding tert-OH is 1. The monoisotopic (exact) mass is 464 g/mol. The Morgan fingerprint density at radius 2 is 1.97 bits per heavy atom. The number of pyridine rings is 1. The quantitative estimate of drug-likeness (QED) is 0.538. The van der Waals surface area contributed by atoms with Crippen LogP contribution in [0, 0.1) is 0 Å². The molecule has 1 saturated heterocycles. The van der Waals surface area contributed by atoms with Gasteiger partial charge in [-0.2, -0.15) is 4.57 Å². The van der Waals surface area contributed by atoms with Gasteiger partial charge in [-0.1, -0.05) is 0 Å². The van der Waals surface area contributed by atoms with Crippen LogP contribution >= 0.6 is 0 Å². The van der Waals surface area contributed by atoms with Crippen molar-refractivity contribution in [1.29, 1.82) is 0 Å². The molecule has 3 aliphatic heterocycles. The third-order valence-electron chi connectivity index (χ3n) is 6.90. The van der Waals surface area contributed by atoms with E-state index in [4.69, 9.17) is 18.9 Å². The lowest BCUT2D eigenvalue weighted by atomic mass is 9.95. The molecule has 34 heavy (non-hydrogen) atoms. The molecule has 8 heteroatoms. The van der Waals surface area contributed by atoms with Crippen molar-refractivity contribution in [3.63, 3.8) is 0 Å². The predicted octanol–water partition coefficient (Wildman–Crippen LogP) is 1.73. The Hall–Kier alpha value is -3.07. The summed E-state index contributed by atoms with van der Waals surface area (Å²) in [6.07, 6.45) is 2.48. The SMILES string of the molecule is COc1ccc2cc3[n+](cc2c1OCC(O)CN1CCNCC1)CCc1cc2c(cc1-3)OCO2. The van der Waals surface area contributed by atoms with Crippen molar-refractivity contribution >= 4 is 10.8 Å². The zero-order valence-electron chi connectivity index (χ0n) is 19.4. The first-order chi connectivity index (χ1) is 16.7. The van der Waals surface area contributed by atoms with Crippen LogP contribution in [0.25, 0.3) is 22.0 Å². The fraction of sp³-hybridized carbons (Fsp3) is 0.423. The first-order valence-corrected chi connectivity index (χ1v) is 11.9. The highest BCUT2D eigenvalue weighted by Crippen LogP contribution is 2.41. The zero-order chi connectivity index (χ0) is 23.1. The van der Waals surface area contributed by atoms with E-state index in [0.29, 0.717) is 18.0 Å². The van der Waals surface area contributed by atoms with Gasteiger partial charge in [0.1, 0.15) is 12.7 Å². The molecule has 3 aliphatic rings. The molecule has 0 bridgehead atoms. The highest BCUT2D eigenvalue weighted by Gasteiger charge is 2.29. The standard InChI is InChI=1S/C26H30N3O5/c1-31-23-3-2-17-10-22-20-12-25-24(33-16-34-25)11-18(20)4-7-29(22)14-21(17)26(23)32-15-19(30)13-28-8-5-27-6-9-28/h2-3,10-12,14,19,27,30H,4-9,13,15-16H2,1H3/q+1. The number of benzene rings is 2. The number of aliphatic hydroxyl groups is 1. The van der Waals surface area contributed by atoms with Crippen molar-refractivity contribution in [2.75, 3.05) is 53.2 Å². The second-order valence-electron chi connectivity index (χ2n) is 9.08. The molecule has 0 amide bonds. The second-order valence-corrected chi connectivity index (χ2v) is 9.08. The summed E-state index contributed by atoms with van der Waals surface area (Å²) in [5.41, 5.74) is 3.58. The van der Waals surface area contributed by atoms with Gasteiger partial charge in [-0.25, -0.2) is 0 Å². The van der Waals surface area contributed by atoms with Crippen LogP contribution in [-0.2, 0) is 13.0 Å². The molecule has 2 N–H and O–H groups in total. The van der Waals surface area contributed by atoms with Crippen LogP contribution in [-0.4, -0.2) is 69.3 Å². The first kappa shape index (κ1) is 21.5. The van der Waals surface area contributed by atoms with Crippen LogP contribution in [0.2, 0.25) is 0 Å². The lowest BCUT2D eigenvalue weighted by Gasteiger charge is -2.29. The van der Waals surface area contributed by atoms with Crippen molar-refractivity contribution in [3.8, 4) is 34.3 Å². The Balaban J connectivity index is 1.31. The summed E-state index contributed by atoms with van der Waals surface area (Å²) in [6.45, 7) is 5.76. The van der Waals surface area contributed by atoms with Gasteiger partial charge in [-0.15, -0.1) is 0 Å². The average molecular weight is 465 g/mol. The Bertz CT molecular complexity index is 1230. The van der Waals surface area contributed by atoms with Gasteiger partial charge in [0.25, 0.3) is 0 Å². The van der Waals surface area contributed by atoms with Gasteiger partial charge in [0.05, 0.1) is 18.1 Å². The maximum atomic E-state index is 10.6. The van der Waals surface area contributed by atoms with Crippen LogP contribution in [0.3, 0.4) is 0 Å². The van der Waals surface area contributed by atoms with E-state index in [0.717, 1.165) is 67.1 Å². The van der Waals surface area contributed by atoms with E-state index in [-0.39, 0.29) is 13.4 Å². The van der Waals surface area contributed by atoms with Gasteiger partial charge in [0, 0.05) is 45.2 Å². The first-order valence-electron chi connectivity index (χ1n) is 11.9. The molecule has 6 rings (SSSR count). The number of β-amino-alcohol motifs (C(OH)–C–C–N with tert-alkyl or cyclic N) is 1. The van der Waals surface area contributed by atoms with Crippen molar-refractivity contribution in [2.24, 2.45) is 0 Å². The molecule has 3 aromatic rings. The molecule has 0 saturated carbocycles. The van der Waals surface area contributed by atoms with E-state index >= 15 is 0 Å². The number of aromatic nitrogens is 1. The highest BCUT2D eigenvalue weighted by molar-refractivity contribution is 5.91. The summed E-state index contributed by atoms with van der Waals surface area (Å²) in [4.78, 5) is 2.26. The van der Waals surface area contributed by atoms with Crippen LogP contribution in [0.15, 0.2) is 36.5 Å². The number of methoxy groups -OCH3 is 1. The minimum Gasteiger partial charge on any atom is -0.493 e. The molecule has 1 fully saturated rings. The Morgan fingerprint density at radius 1 is 1.15 bits per heavy atom. The maximum absolute atomic E-state index is 10.6. The summed E-state index contributed by atoms with van der Waals surface area (Å²) in [5, 5.41) is 16.0.